The molecule has 2 aromatic rings. The van der Waals surface area contributed by atoms with Crippen molar-refractivity contribution in [2.24, 2.45) is 0 Å². The van der Waals surface area contributed by atoms with Gasteiger partial charge in [0, 0.05) is 50.2 Å². The first-order valence-electron chi connectivity index (χ1n) is 8.77. The minimum Gasteiger partial charge on any atom is -0.361 e. The molecule has 8 heteroatoms. The van der Waals surface area contributed by atoms with E-state index in [0.29, 0.717) is 18.7 Å². The van der Waals surface area contributed by atoms with E-state index in [0.717, 1.165) is 49.5 Å². The Kier molecular flexibility index (Phi) is 6.05. The number of hydrogen-bond acceptors (Lipinski definition) is 6. The Bertz CT molecular complexity index is 729. The zero-order chi connectivity index (χ0) is 18.5. The first kappa shape index (κ1) is 18.6. The van der Waals surface area contributed by atoms with Gasteiger partial charge in [-0.2, -0.15) is 11.3 Å². The number of carbonyl (C=O) groups is 2. The van der Waals surface area contributed by atoms with E-state index in [9.17, 15) is 9.59 Å². The van der Waals surface area contributed by atoms with Crippen molar-refractivity contribution in [3.05, 3.63) is 39.4 Å². The van der Waals surface area contributed by atoms with Gasteiger partial charge < -0.3 is 14.7 Å². The fraction of sp³-hybridized carbons (Fsp3) is 0.500. The third kappa shape index (κ3) is 4.50. The van der Waals surface area contributed by atoms with E-state index in [1.807, 2.05) is 35.6 Å². The SMILES string of the molecule is Cc1noc(C)c1CC(=O)NCCN1CCN(C(=O)c2ccsc2)CC1. The molecule has 0 unspecified atom stereocenters. The van der Waals surface area contributed by atoms with Gasteiger partial charge in [-0.3, -0.25) is 14.5 Å². The van der Waals surface area contributed by atoms with Gasteiger partial charge in [-0.05, 0) is 25.3 Å². The molecule has 3 rings (SSSR count). The summed E-state index contributed by atoms with van der Waals surface area (Å²) in [5, 5.41) is 10.6. The van der Waals surface area contributed by atoms with Crippen molar-refractivity contribution in [2.75, 3.05) is 39.3 Å². The standard InChI is InChI=1S/C18H24N4O3S/c1-13-16(14(2)25-20-13)11-17(23)19-4-5-21-6-8-22(9-7-21)18(24)15-3-10-26-12-15/h3,10,12H,4-9,11H2,1-2H3,(H,19,23). The molecule has 0 saturated carbocycles. The van der Waals surface area contributed by atoms with Crippen molar-refractivity contribution in [3.8, 4) is 0 Å². The lowest BCUT2D eigenvalue weighted by Gasteiger charge is -2.34. The number of nitrogens with zero attached hydrogens (tertiary/aromatic N) is 3. The average molecular weight is 376 g/mol. The third-order valence-electron chi connectivity index (χ3n) is 4.70. The number of nitrogens with one attached hydrogen (secondary N) is 1. The van der Waals surface area contributed by atoms with Crippen LogP contribution in [0.3, 0.4) is 0 Å². The summed E-state index contributed by atoms with van der Waals surface area (Å²) in [6, 6.07) is 1.87. The average Bonchev–Trinajstić information content (AvgIpc) is 3.28. The lowest BCUT2D eigenvalue weighted by Crippen LogP contribution is -2.50. The lowest BCUT2D eigenvalue weighted by molar-refractivity contribution is -0.120. The van der Waals surface area contributed by atoms with Crippen molar-refractivity contribution < 1.29 is 14.1 Å². The van der Waals surface area contributed by atoms with Crippen molar-refractivity contribution in [1.29, 1.82) is 0 Å². The molecule has 2 amide bonds. The van der Waals surface area contributed by atoms with Crippen molar-refractivity contribution in [2.45, 2.75) is 20.3 Å². The molecule has 2 aromatic heterocycles. The van der Waals surface area contributed by atoms with Gasteiger partial charge in [0.15, 0.2) is 0 Å². The van der Waals surface area contributed by atoms with Crippen LogP contribution in [-0.4, -0.2) is 66.0 Å². The molecule has 0 radical (unpaired) electrons. The first-order chi connectivity index (χ1) is 12.5. The number of carbonyl (C=O) groups excluding carboxylic acids is 2. The molecule has 0 spiro atoms. The number of thiophene rings is 1. The van der Waals surface area contributed by atoms with Crippen molar-refractivity contribution >= 4 is 23.2 Å². The highest BCUT2D eigenvalue weighted by atomic mass is 32.1. The zero-order valence-electron chi connectivity index (χ0n) is 15.2. The predicted molar refractivity (Wildman–Crippen MR) is 99.4 cm³/mol. The van der Waals surface area contributed by atoms with Gasteiger partial charge in [-0.15, -0.1) is 0 Å². The minimum absolute atomic E-state index is 0.0225. The smallest absolute Gasteiger partial charge is 0.254 e. The van der Waals surface area contributed by atoms with E-state index < -0.39 is 0 Å². The van der Waals surface area contributed by atoms with E-state index in [-0.39, 0.29) is 11.8 Å². The summed E-state index contributed by atoms with van der Waals surface area (Å²) >= 11 is 1.54. The molecule has 0 aromatic carbocycles. The highest BCUT2D eigenvalue weighted by Crippen LogP contribution is 2.13. The Balaban J connectivity index is 1.36. The Hall–Kier alpha value is -2.19. The summed E-state index contributed by atoms with van der Waals surface area (Å²) in [7, 11) is 0. The molecule has 1 aliphatic rings. The molecule has 0 aliphatic carbocycles. The maximum absolute atomic E-state index is 12.3. The Morgan fingerprint density at radius 2 is 2.04 bits per heavy atom. The fourth-order valence-corrected chi connectivity index (χ4v) is 3.70. The summed E-state index contributed by atoms with van der Waals surface area (Å²) < 4.78 is 5.08. The van der Waals surface area contributed by atoms with E-state index in [1.165, 1.54) is 0 Å². The van der Waals surface area contributed by atoms with E-state index in [4.69, 9.17) is 4.52 Å². The fourth-order valence-electron chi connectivity index (χ4n) is 3.07. The molecule has 7 nitrogen and oxygen atoms in total. The van der Waals surface area contributed by atoms with Crippen LogP contribution in [0.1, 0.15) is 27.4 Å². The first-order valence-corrected chi connectivity index (χ1v) is 9.71. The molecule has 1 aliphatic heterocycles. The second-order valence-electron chi connectivity index (χ2n) is 6.48. The van der Waals surface area contributed by atoms with Crippen LogP contribution in [0.15, 0.2) is 21.3 Å². The number of aromatic nitrogens is 1. The molecule has 1 N–H and O–H groups in total. The topological polar surface area (TPSA) is 78.7 Å². The second-order valence-corrected chi connectivity index (χ2v) is 7.26. The molecular formula is C18H24N4O3S. The molecule has 1 fully saturated rings. The van der Waals surface area contributed by atoms with Gasteiger partial charge in [0.05, 0.1) is 17.7 Å². The molecule has 3 heterocycles. The van der Waals surface area contributed by atoms with Crippen LogP contribution in [-0.2, 0) is 11.2 Å². The molecule has 140 valence electrons. The highest BCUT2D eigenvalue weighted by Gasteiger charge is 2.22. The van der Waals surface area contributed by atoms with Crippen LogP contribution in [0.4, 0.5) is 0 Å². The maximum Gasteiger partial charge on any atom is 0.254 e. The number of amides is 2. The van der Waals surface area contributed by atoms with Crippen molar-refractivity contribution in [3.63, 3.8) is 0 Å². The van der Waals surface area contributed by atoms with Crippen LogP contribution >= 0.6 is 11.3 Å². The summed E-state index contributed by atoms with van der Waals surface area (Å²) in [5.74, 6) is 0.786. The van der Waals surface area contributed by atoms with E-state index >= 15 is 0 Å². The number of aryl methyl sites for hydroxylation is 2. The van der Waals surface area contributed by atoms with Crippen LogP contribution in [0.5, 0.6) is 0 Å². The van der Waals surface area contributed by atoms with Gasteiger partial charge in [0.2, 0.25) is 5.91 Å². The molecular weight excluding hydrogens is 352 g/mol. The number of rotatable bonds is 6. The van der Waals surface area contributed by atoms with Crippen LogP contribution in [0, 0.1) is 13.8 Å². The quantitative estimate of drug-likeness (QED) is 0.826. The third-order valence-corrected chi connectivity index (χ3v) is 5.38. The second kappa shape index (κ2) is 8.46. The van der Waals surface area contributed by atoms with E-state index in [1.54, 1.807) is 11.3 Å². The molecule has 26 heavy (non-hydrogen) atoms. The van der Waals surface area contributed by atoms with Gasteiger partial charge in [0.25, 0.3) is 5.91 Å². The minimum atomic E-state index is -0.0225. The summed E-state index contributed by atoms with van der Waals surface area (Å²) in [6.07, 6.45) is 0.296. The number of piperazine rings is 1. The van der Waals surface area contributed by atoms with Gasteiger partial charge in [0.1, 0.15) is 5.76 Å². The van der Waals surface area contributed by atoms with Gasteiger partial charge >= 0.3 is 0 Å². The summed E-state index contributed by atoms with van der Waals surface area (Å²) in [5.41, 5.74) is 2.40. The maximum atomic E-state index is 12.3. The summed E-state index contributed by atoms with van der Waals surface area (Å²) in [6.45, 7) is 8.15. The van der Waals surface area contributed by atoms with Crippen molar-refractivity contribution in [1.82, 2.24) is 20.3 Å². The highest BCUT2D eigenvalue weighted by molar-refractivity contribution is 7.08. The number of hydrogen-bond donors (Lipinski definition) is 1. The largest absolute Gasteiger partial charge is 0.361 e. The Labute approximate surface area is 156 Å². The Morgan fingerprint density at radius 1 is 1.27 bits per heavy atom. The molecule has 1 saturated heterocycles. The molecule has 0 bridgehead atoms. The monoisotopic (exact) mass is 376 g/mol. The van der Waals surface area contributed by atoms with Gasteiger partial charge in [-0.25, -0.2) is 0 Å². The normalized spacial score (nSPS) is 15.2. The van der Waals surface area contributed by atoms with E-state index in [2.05, 4.69) is 15.4 Å². The summed E-state index contributed by atoms with van der Waals surface area (Å²) in [4.78, 5) is 28.6. The van der Waals surface area contributed by atoms with Crippen LogP contribution in [0.2, 0.25) is 0 Å². The Morgan fingerprint density at radius 3 is 2.65 bits per heavy atom. The van der Waals surface area contributed by atoms with Crippen LogP contribution in [0.25, 0.3) is 0 Å². The van der Waals surface area contributed by atoms with Gasteiger partial charge in [-0.1, -0.05) is 5.16 Å². The predicted octanol–water partition coefficient (Wildman–Crippen LogP) is 1.47. The lowest BCUT2D eigenvalue weighted by atomic mass is 10.1. The zero-order valence-corrected chi connectivity index (χ0v) is 16.0. The molecule has 0 atom stereocenters. The van der Waals surface area contributed by atoms with Crippen LogP contribution < -0.4 is 5.32 Å².